The molecular weight excluding hydrogens is 264 g/mol. The first kappa shape index (κ1) is 13.1. The third-order valence-electron chi connectivity index (χ3n) is 3.44. The van der Waals surface area contributed by atoms with Crippen molar-refractivity contribution in [2.24, 2.45) is 0 Å². The minimum atomic E-state index is -2.51. The lowest BCUT2D eigenvalue weighted by atomic mass is 9.91. The first-order chi connectivity index (χ1) is 9.58. The predicted octanol–water partition coefficient (Wildman–Crippen LogP) is 2.90. The van der Waals surface area contributed by atoms with Crippen LogP contribution in [0.5, 0.6) is 0 Å². The summed E-state index contributed by atoms with van der Waals surface area (Å²) in [4.78, 5) is 4.03. The highest BCUT2D eigenvalue weighted by Gasteiger charge is 2.37. The summed E-state index contributed by atoms with van der Waals surface area (Å²) in [6.45, 7) is 0.599. The van der Waals surface area contributed by atoms with Crippen LogP contribution in [-0.2, 0) is 10.3 Å². The van der Waals surface area contributed by atoms with E-state index < -0.39 is 12.0 Å². The fourth-order valence-corrected chi connectivity index (χ4v) is 2.12. The first-order valence-electron chi connectivity index (χ1n) is 6.24. The average molecular weight is 277 g/mol. The van der Waals surface area contributed by atoms with Crippen molar-refractivity contribution in [3.05, 3.63) is 53.7 Å². The van der Waals surface area contributed by atoms with Gasteiger partial charge in [0.2, 0.25) is 0 Å². The maximum absolute atomic E-state index is 12.5. The molecule has 1 aliphatic rings. The Balaban J connectivity index is 1.83. The highest BCUT2D eigenvalue weighted by atomic mass is 19.3. The topological polar surface area (TPSA) is 42.4 Å². The molecule has 1 fully saturated rings. The smallest absolute Gasteiger partial charge is 0.265 e. The summed E-state index contributed by atoms with van der Waals surface area (Å²) in [5.74, 6) is 0. The number of aliphatic hydroxyl groups is 1. The van der Waals surface area contributed by atoms with Gasteiger partial charge in [-0.2, -0.15) is 0 Å². The standard InChI is InChI=1S/C15H13F2NO2/c16-14(17)11-3-6-13(18-7-11)10-1-4-12(5-2-10)15(19)8-20-9-15/h1-7,14,19H,8-9H2. The molecule has 104 valence electrons. The maximum Gasteiger partial charge on any atom is 0.265 e. The van der Waals surface area contributed by atoms with Crippen LogP contribution < -0.4 is 0 Å². The third-order valence-corrected chi connectivity index (χ3v) is 3.44. The monoisotopic (exact) mass is 277 g/mol. The second-order valence-corrected chi connectivity index (χ2v) is 4.88. The summed E-state index contributed by atoms with van der Waals surface area (Å²) in [6, 6.07) is 10.2. The van der Waals surface area contributed by atoms with Crippen molar-refractivity contribution in [2.45, 2.75) is 12.0 Å². The molecule has 0 saturated carbocycles. The molecule has 3 rings (SSSR count). The van der Waals surface area contributed by atoms with Gasteiger partial charge >= 0.3 is 0 Å². The fraction of sp³-hybridized carbons (Fsp3) is 0.267. The lowest BCUT2D eigenvalue weighted by molar-refractivity contribution is -0.184. The van der Waals surface area contributed by atoms with E-state index >= 15 is 0 Å². The van der Waals surface area contributed by atoms with Crippen LogP contribution in [0.1, 0.15) is 17.6 Å². The summed E-state index contributed by atoms with van der Waals surface area (Å²) in [6.07, 6.45) is -1.33. The molecule has 2 heterocycles. The quantitative estimate of drug-likeness (QED) is 0.938. The predicted molar refractivity (Wildman–Crippen MR) is 69.3 cm³/mol. The number of nitrogens with zero attached hydrogens (tertiary/aromatic N) is 1. The van der Waals surface area contributed by atoms with Gasteiger partial charge in [-0.1, -0.05) is 24.3 Å². The Bertz CT molecular complexity index is 592. The molecule has 1 aromatic heterocycles. The van der Waals surface area contributed by atoms with Gasteiger partial charge in [0.15, 0.2) is 0 Å². The van der Waals surface area contributed by atoms with Gasteiger partial charge in [0, 0.05) is 17.3 Å². The second kappa shape index (κ2) is 4.92. The van der Waals surface area contributed by atoms with E-state index in [9.17, 15) is 13.9 Å². The van der Waals surface area contributed by atoms with E-state index in [-0.39, 0.29) is 5.56 Å². The second-order valence-electron chi connectivity index (χ2n) is 4.88. The number of hydrogen-bond donors (Lipinski definition) is 1. The molecule has 2 aromatic rings. The van der Waals surface area contributed by atoms with Gasteiger partial charge in [0.05, 0.1) is 18.9 Å². The van der Waals surface area contributed by atoms with Crippen LogP contribution in [0.3, 0.4) is 0 Å². The number of pyridine rings is 1. The average Bonchev–Trinajstić information content (AvgIpc) is 2.45. The van der Waals surface area contributed by atoms with E-state index in [1.807, 2.05) is 12.1 Å². The molecule has 0 spiro atoms. The van der Waals surface area contributed by atoms with Gasteiger partial charge in [-0.05, 0) is 17.7 Å². The molecule has 20 heavy (non-hydrogen) atoms. The normalized spacial score (nSPS) is 17.0. The highest BCUT2D eigenvalue weighted by Crippen LogP contribution is 2.30. The van der Waals surface area contributed by atoms with Crippen molar-refractivity contribution in [1.82, 2.24) is 4.98 Å². The molecule has 0 radical (unpaired) electrons. The van der Waals surface area contributed by atoms with Crippen LogP contribution in [0, 0.1) is 0 Å². The fourth-order valence-electron chi connectivity index (χ4n) is 2.12. The minimum Gasteiger partial charge on any atom is -0.380 e. The zero-order chi connectivity index (χ0) is 14.2. The molecule has 5 heteroatoms. The lowest BCUT2D eigenvalue weighted by Gasteiger charge is -2.36. The number of alkyl halides is 2. The number of ether oxygens (including phenoxy) is 1. The van der Waals surface area contributed by atoms with Crippen molar-refractivity contribution in [3.8, 4) is 11.3 Å². The Labute approximate surface area is 114 Å². The Morgan fingerprint density at radius 1 is 1.10 bits per heavy atom. The first-order valence-corrected chi connectivity index (χ1v) is 6.24. The number of aromatic nitrogens is 1. The summed E-state index contributed by atoms with van der Waals surface area (Å²) in [7, 11) is 0. The Kier molecular flexibility index (Phi) is 3.23. The summed E-state index contributed by atoms with van der Waals surface area (Å²) < 4.78 is 29.9. The molecule has 0 bridgehead atoms. The summed E-state index contributed by atoms with van der Waals surface area (Å²) >= 11 is 0. The molecule has 1 aromatic carbocycles. The number of benzene rings is 1. The van der Waals surface area contributed by atoms with Crippen molar-refractivity contribution in [2.75, 3.05) is 13.2 Å². The van der Waals surface area contributed by atoms with Crippen LogP contribution in [0.15, 0.2) is 42.6 Å². The van der Waals surface area contributed by atoms with E-state index in [0.29, 0.717) is 18.9 Å². The molecule has 1 saturated heterocycles. The number of halogens is 2. The maximum atomic E-state index is 12.5. The number of hydrogen-bond acceptors (Lipinski definition) is 3. The Hall–Kier alpha value is -1.85. The van der Waals surface area contributed by atoms with Gasteiger partial charge in [-0.3, -0.25) is 4.98 Å². The number of rotatable bonds is 3. The van der Waals surface area contributed by atoms with Gasteiger partial charge in [0.1, 0.15) is 5.60 Å². The molecule has 1 N–H and O–H groups in total. The van der Waals surface area contributed by atoms with Gasteiger partial charge < -0.3 is 9.84 Å². The largest absolute Gasteiger partial charge is 0.380 e. The van der Waals surface area contributed by atoms with E-state index in [1.54, 1.807) is 18.2 Å². The van der Waals surface area contributed by atoms with Gasteiger partial charge in [0.25, 0.3) is 6.43 Å². The van der Waals surface area contributed by atoms with Crippen LogP contribution in [0.4, 0.5) is 8.78 Å². The molecule has 1 aliphatic heterocycles. The van der Waals surface area contributed by atoms with E-state index in [2.05, 4.69) is 4.98 Å². The van der Waals surface area contributed by atoms with Gasteiger partial charge in [-0.15, -0.1) is 0 Å². The van der Waals surface area contributed by atoms with Crippen LogP contribution in [-0.4, -0.2) is 23.3 Å². The molecule has 0 aliphatic carbocycles. The van der Waals surface area contributed by atoms with Crippen molar-refractivity contribution in [1.29, 1.82) is 0 Å². The molecule has 3 nitrogen and oxygen atoms in total. The summed E-state index contributed by atoms with van der Waals surface area (Å²) in [5.41, 5.74) is 1.24. The van der Waals surface area contributed by atoms with Crippen molar-refractivity contribution in [3.63, 3.8) is 0 Å². The minimum absolute atomic E-state index is 0.0914. The highest BCUT2D eigenvalue weighted by molar-refractivity contribution is 5.59. The molecule has 0 unspecified atom stereocenters. The van der Waals surface area contributed by atoms with Crippen molar-refractivity contribution >= 4 is 0 Å². The van der Waals surface area contributed by atoms with Crippen LogP contribution >= 0.6 is 0 Å². The molecule has 0 atom stereocenters. The SMILES string of the molecule is OC1(c2ccc(-c3ccc(C(F)F)cn3)cc2)COC1. The van der Waals surface area contributed by atoms with E-state index in [1.165, 1.54) is 12.3 Å². The van der Waals surface area contributed by atoms with Gasteiger partial charge in [-0.25, -0.2) is 8.78 Å². The van der Waals surface area contributed by atoms with E-state index in [4.69, 9.17) is 4.74 Å². The zero-order valence-electron chi connectivity index (χ0n) is 10.6. The molecular formula is C15H13F2NO2. The van der Waals surface area contributed by atoms with E-state index in [0.717, 1.165) is 11.1 Å². The lowest BCUT2D eigenvalue weighted by Crippen LogP contribution is -2.46. The van der Waals surface area contributed by atoms with Crippen LogP contribution in [0.25, 0.3) is 11.3 Å². The Morgan fingerprint density at radius 3 is 2.25 bits per heavy atom. The summed E-state index contributed by atoms with van der Waals surface area (Å²) in [5, 5.41) is 10.1. The van der Waals surface area contributed by atoms with Crippen LogP contribution in [0.2, 0.25) is 0 Å². The van der Waals surface area contributed by atoms with Crippen molar-refractivity contribution < 1.29 is 18.6 Å². The molecule has 0 amide bonds. The zero-order valence-corrected chi connectivity index (χ0v) is 10.6. The third kappa shape index (κ3) is 2.30. The Morgan fingerprint density at radius 2 is 1.80 bits per heavy atom.